The quantitative estimate of drug-likeness (QED) is 0.174. The monoisotopic (exact) mass is 532 g/mol. The highest BCUT2D eigenvalue weighted by Gasteiger charge is 2.09. The summed E-state index contributed by atoms with van der Waals surface area (Å²) in [7, 11) is 1.99. The number of nitrogens with zero attached hydrogens (tertiary/aromatic N) is 3. The van der Waals surface area contributed by atoms with Gasteiger partial charge in [-0.15, -0.1) is 0 Å². The van der Waals surface area contributed by atoms with E-state index in [2.05, 4.69) is 49.9 Å². The molecule has 0 spiro atoms. The fraction of sp³-hybridized carbons (Fsp3) is 0.267. The van der Waals surface area contributed by atoms with Crippen LogP contribution < -0.4 is 16.0 Å². The highest BCUT2D eigenvalue weighted by Crippen LogP contribution is 2.29. The average molecular weight is 533 g/mol. The summed E-state index contributed by atoms with van der Waals surface area (Å²) in [6.45, 7) is 6.42. The lowest BCUT2D eigenvalue weighted by molar-refractivity contribution is 0.286. The average Bonchev–Trinajstić information content (AvgIpc) is 2.94. The SMILES string of the molecule is CCN(CCCc1ccc(Nc2ncc(F)c(Nc3ccc(-c4ccccc4Cl)cc3)n2)cc1)CCNC. The van der Waals surface area contributed by atoms with Gasteiger partial charge >= 0.3 is 0 Å². The van der Waals surface area contributed by atoms with Crippen LogP contribution in [-0.2, 0) is 6.42 Å². The van der Waals surface area contributed by atoms with Crippen molar-refractivity contribution in [2.45, 2.75) is 19.8 Å². The number of hydrogen-bond donors (Lipinski definition) is 3. The molecule has 198 valence electrons. The Hall–Kier alpha value is -3.52. The Labute approximate surface area is 229 Å². The molecule has 0 saturated heterocycles. The predicted molar refractivity (Wildman–Crippen MR) is 156 cm³/mol. The molecule has 8 heteroatoms. The maximum Gasteiger partial charge on any atom is 0.229 e. The van der Waals surface area contributed by atoms with Crippen LogP contribution in [0.4, 0.5) is 27.5 Å². The number of aryl methyl sites for hydroxylation is 1. The van der Waals surface area contributed by atoms with Gasteiger partial charge in [0.2, 0.25) is 5.95 Å². The van der Waals surface area contributed by atoms with Crippen LogP contribution in [0.3, 0.4) is 0 Å². The molecular weight excluding hydrogens is 499 g/mol. The third-order valence-electron chi connectivity index (χ3n) is 6.35. The molecule has 4 rings (SSSR count). The second kappa shape index (κ2) is 13.9. The van der Waals surface area contributed by atoms with Gasteiger partial charge in [0, 0.05) is 35.1 Å². The maximum atomic E-state index is 14.5. The molecule has 0 radical (unpaired) electrons. The van der Waals surface area contributed by atoms with Gasteiger partial charge < -0.3 is 20.9 Å². The van der Waals surface area contributed by atoms with Crippen LogP contribution >= 0.6 is 11.6 Å². The van der Waals surface area contributed by atoms with Crippen LogP contribution in [-0.4, -0.2) is 48.1 Å². The fourth-order valence-corrected chi connectivity index (χ4v) is 4.41. The largest absolute Gasteiger partial charge is 0.338 e. The molecule has 4 aromatic rings. The molecule has 1 heterocycles. The molecule has 3 aromatic carbocycles. The summed E-state index contributed by atoms with van der Waals surface area (Å²) >= 11 is 6.30. The topological polar surface area (TPSA) is 65.1 Å². The number of nitrogens with one attached hydrogen (secondary N) is 3. The zero-order valence-electron chi connectivity index (χ0n) is 21.8. The summed E-state index contributed by atoms with van der Waals surface area (Å²) < 4.78 is 14.5. The van der Waals surface area contributed by atoms with Crippen molar-refractivity contribution in [1.29, 1.82) is 0 Å². The molecule has 38 heavy (non-hydrogen) atoms. The van der Waals surface area contributed by atoms with Crippen molar-refractivity contribution in [1.82, 2.24) is 20.2 Å². The van der Waals surface area contributed by atoms with Gasteiger partial charge in [0.25, 0.3) is 0 Å². The van der Waals surface area contributed by atoms with E-state index < -0.39 is 5.82 Å². The first-order valence-electron chi connectivity index (χ1n) is 12.9. The van der Waals surface area contributed by atoms with Crippen LogP contribution in [0.15, 0.2) is 79.0 Å². The van der Waals surface area contributed by atoms with Crippen LogP contribution in [0.5, 0.6) is 0 Å². The summed E-state index contributed by atoms with van der Waals surface area (Å²) in [6, 6.07) is 23.5. The molecule has 0 aliphatic rings. The first-order chi connectivity index (χ1) is 18.6. The summed E-state index contributed by atoms with van der Waals surface area (Å²) in [4.78, 5) is 10.9. The highest BCUT2D eigenvalue weighted by atomic mass is 35.5. The van der Waals surface area contributed by atoms with Gasteiger partial charge in [-0.2, -0.15) is 4.98 Å². The number of aromatic nitrogens is 2. The van der Waals surface area contributed by atoms with Crippen molar-refractivity contribution in [3.05, 3.63) is 95.4 Å². The minimum absolute atomic E-state index is 0.100. The van der Waals surface area contributed by atoms with Gasteiger partial charge in [0.15, 0.2) is 11.6 Å². The number of anilines is 4. The van der Waals surface area contributed by atoms with E-state index >= 15 is 0 Å². The zero-order valence-corrected chi connectivity index (χ0v) is 22.6. The molecular formula is C30H34ClFN6. The minimum Gasteiger partial charge on any atom is -0.338 e. The van der Waals surface area contributed by atoms with Crippen molar-refractivity contribution in [3.8, 4) is 11.1 Å². The lowest BCUT2D eigenvalue weighted by Gasteiger charge is -2.20. The van der Waals surface area contributed by atoms with Gasteiger partial charge in [-0.3, -0.25) is 0 Å². The van der Waals surface area contributed by atoms with Crippen molar-refractivity contribution >= 4 is 34.7 Å². The molecule has 0 saturated carbocycles. The third-order valence-corrected chi connectivity index (χ3v) is 6.68. The number of benzene rings is 3. The Balaban J connectivity index is 1.34. The molecule has 3 N–H and O–H groups in total. The Bertz CT molecular complexity index is 1300. The molecule has 0 aliphatic carbocycles. The highest BCUT2D eigenvalue weighted by molar-refractivity contribution is 6.33. The number of rotatable bonds is 13. The number of likely N-dealkylation sites (N-methyl/N-ethyl adjacent to an activating group) is 2. The van der Waals surface area contributed by atoms with E-state index in [-0.39, 0.29) is 5.82 Å². The normalized spacial score (nSPS) is 11.1. The maximum absolute atomic E-state index is 14.5. The van der Waals surface area contributed by atoms with Crippen molar-refractivity contribution < 1.29 is 4.39 Å². The Morgan fingerprint density at radius 3 is 2.32 bits per heavy atom. The summed E-state index contributed by atoms with van der Waals surface area (Å²) in [5.41, 5.74) is 4.76. The number of hydrogen-bond acceptors (Lipinski definition) is 6. The zero-order chi connectivity index (χ0) is 26.7. The van der Waals surface area contributed by atoms with E-state index in [1.54, 1.807) is 0 Å². The van der Waals surface area contributed by atoms with Crippen molar-refractivity contribution in [2.75, 3.05) is 43.9 Å². The molecule has 0 atom stereocenters. The Morgan fingerprint density at radius 1 is 0.895 bits per heavy atom. The molecule has 0 unspecified atom stereocenters. The minimum atomic E-state index is -0.531. The third kappa shape index (κ3) is 7.74. The van der Waals surface area contributed by atoms with Gasteiger partial charge in [-0.1, -0.05) is 61.0 Å². The van der Waals surface area contributed by atoms with Gasteiger partial charge in [0.05, 0.1) is 6.20 Å². The Morgan fingerprint density at radius 2 is 1.61 bits per heavy atom. The Kier molecular flexibility index (Phi) is 10.0. The molecule has 0 fully saturated rings. The van der Waals surface area contributed by atoms with Gasteiger partial charge in [0.1, 0.15) is 0 Å². The molecule has 6 nitrogen and oxygen atoms in total. The van der Waals surface area contributed by atoms with Crippen LogP contribution in [0.2, 0.25) is 5.02 Å². The molecule has 0 amide bonds. The summed E-state index contributed by atoms with van der Waals surface area (Å²) in [5.74, 6) is -0.113. The van der Waals surface area contributed by atoms with Gasteiger partial charge in [-0.05, 0) is 74.4 Å². The second-order valence-corrected chi connectivity index (χ2v) is 9.44. The number of halogens is 2. The van der Waals surface area contributed by atoms with E-state index in [9.17, 15) is 4.39 Å². The standard InChI is InChI=1S/C30H34ClFN6/c1-3-38(20-18-33-2)19-6-7-22-10-14-25(15-11-22)36-30-34-21-28(32)29(37-30)35-24-16-12-23(13-17-24)26-8-4-5-9-27(26)31/h4-5,8-17,21,33H,3,6-7,18-20H2,1-2H3,(H2,34,35,36,37). The van der Waals surface area contributed by atoms with Crippen molar-refractivity contribution in [2.24, 2.45) is 0 Å². The molecule has 1 aromatic heterocycles. The van der Waals surface area contributed by atoms with E-state index in [0.717, 1.165) is 62.0 Å². The van der Waals surface area contributed by atoms with Crippen LogP contribution in [0.25, 0.3) is 11.1 Å². The van der Waals surface area contributed by atoms with E-state index in [1.807, 2.05) is 67.7 Å². The van der Waals surface area contributed by atoms with E-state index in [1.165, 1.54) is 5.56 Å². The van der Waals surface area contributed by atoms with E-state index in [4.69, 9.17) is 11.6 Å². The van der Waals surface area contributed by atoms with E-state index in [0.29, 0.717) is 16.7 Å². The summed E-state index contributed by atoms with van der Waals surface area (Å²) in [6.07, 6.45) is 3.30. The fourth-order valence-electron chi connectivity index (χ4n) is 4.17. The summed E-state index contributed by atoms with van der Waals surface area (Å²) in [5, 5.41) is 10.1. The van der Waals surface area contributed by atoms with Gasteiger partial charge in [-0.25, -0.2) is 9.37 Å². The molecule has 0 aliphatic heterocycles. The predicted octanol–water partition coefficient (Wildman–Crippen LogP) is 6.90. The van der Waals surface area contributed by atoms with Crippen molar-refractivity contribution in [3.63, 3.8) is 0 Å². The first kappa shape index (κ1) is 27.5. The first-order valence-corrected chi connectivity index (χ1v) is 13.3. The molecule has 0 bridgehead atoms. The van der Waals surface area contributed by atoms with Crippen LogP contribution in [0, 0.1) is 5.82 Å². The lowest BCUT2D eigenvalue weighted by Crippen LogP contribution is -2.31. The smallest absolute Gasteiger partial charge is 0.229 e. The second-order valence-electron chi connectivity index (χ2n) is 9.04. The van der Waals surface area contributed by atoms with Crippen LogP contribution in [0.1, 0.15) is 18.9 Å². The lowest BCUT2D eigenvalue weighted by atomic mass is 10.1.